The Morgan fingerprint density at radius 1 is 1.05 bits per heavy atom. The molecule has 0 atom stereocenters. The number of aromatic nitrogens is 2. The van der Waals surface area contributed by atoms with E-state index in [-0.39, 0.29) is 0 Å². The average Bonchev–Trinajstić information content (AvgIpc) is 2.49. The third kappa shape index (κ3) is 2.09. The first kappa shape index (κ1) is 11.2. The minimum absolute atomic E-state index is 0.516. The second-order valence-electron chi connectivity index (χ2n) is 4.04. The molecule has 4 nitrogen and oxygen atoms in total. The van der Waals surface area contributed by atoms with Gasteiger partial charge in [-0.1, -0.05) is 18.2 Å². The molecule has 3 aromatic rings. The van der Waals surface area contributed by atoms with Crippen molar-refractivity contribution in [2.75, 3.05) is 5.32 Å². The summed E-state index contributed by atoms with van der Waals surface area (Å²) in [6.45, 7) is 0. The Morgan fingerprint density at radius 2 is 1.95 bits per heavy atom. The molecular formula is C15H10N4. The van der Waals surface area contributed by atoms with Gasteiger partial charge in [0.1, 0.15) is 6.07 Å². The highest BCUT2D eigenvalue weighted by molar-refractivity contribution is 5.95. The van der Waals surface area contributed by atoms with Gasteiger partial charge in [-0.3, -0.25) is 9.97 Å². The van der Waals surface area contributed by atoms with E-state index in [9.17, 15) is 5.26 Å². The summed E-state index contributed by atoms with van der Waals surface area (Å²) in [5, 5.41) is 13.4. The van der Waals surface area contributed by atoms with Crippen LogP contribution < -0.4 is 5.32 Å². The largest absolute Gasteiger partial charge is 0.353 e. The van der Waals surface area contributed by atoms with E-state index in [2.05, 4.69) is 21.4 Å². The van der Waals surface area contributed by atoms with E-state index in [1.807, 2.05) is 36.4 Å². The van der Waals surface area contributed by atoms with Crippen molar-refractivity contribution in [1.29, 1.82) is 5.26 Å². The Balaban J connectivity index is 2.18. The van der Waals surface area contributed by atoms with E-state index in [4.69, 9.17) is 0 Å². The van der Waals surface area contributed by atoms with Gasteiger partial charge in [0.25, 0.3) is 0 Å². The lowest BCUT2D eigenvalue weighted by atomic mass is 10.1. The Kier molecular flexibility index (Phi) is 2.79. The van der Waals surface area contributed by atoms with Crippen LogP contribution in [0.25, 0.3) is 10.9 Å². The van der Waals surface area contributed by atoms with E-state index in [1.54, 1.807) is 18.6 Å². The van der Waals surface area contributed by atoms with Crippen LogP contribution in [0.5, 0.6) is 0 Å². The monoisotopic (exact) mass is 246 g/mol. The van der Waals surface area contributed by atoms with Crippen LogP contribution in [-0.2, 0) is 0 Å². The summed E-state index contributed by atoms with van der Waals surface area (Å²) in [6.07, 6.45) is 5.01. The molecule has 0 aliphatic carbocycles. The standard InChI is InChI=1S/C15H10N4/c16-8-11-9-18-14-6-2-1-5-13(14)15(11)19-12-4-3-7-17-10-12/h1-7,9-10H,(H,18,19). The van der Waals surface area contributed by atoms with Crippen LogP contribution >= 0.6 is 0 Å². The van der Waals surface area contributed by atoms with Crippen LogP contribution in [0, 0.1) is 11.3 Å². The number of hydrogen-bond donors (Lipinski definition) is 1. The Labute approximate surface area is 110 Å². The second kappa shape index (κ2) is 4.75. The molecule has 0 radical (unpaired) electrons. The molecule has 0 fully saturated rings. The van der Waals surface area contributed by atoms with E-state index >= 15 is 0 Å². The second-order valence-corrected chi connectivity index (χ2v) is 4.04. The number of nitriles is 1. The topological polar surface area (TPSA) is 61.6 Å². The van der Waals surface area contributed by atoms with Gasteiger partial charge in [0, 0.05) is 17.8 Å². The van der Waals surface area contributed by atoms with Crippen molar-refractivity contribution in [2.24, 2.45) is 0 Å². The van der Waals surface area contributed by atoms with Gasteiger partial charge in [0.2, 0.25) is 0 Å². The van der Waals surface area contributed by atoms with E-state index in [1.165, 1.54) is 0 Å². The highest BCUT2D eigenvalue weighted by atomic mass is 14.9. The Bertz CT molecular complexity index is 760. The molecule has 2 aromatic heterocycles. The lowest BCUT2D eigenvalue weighted by molar-refractivity contribution is 1.31. The van der Waals surface area contributed by atoms with Gasteiger partial charge < -0.3 is 5.32 Å². The van der Waals surface area contributed by atoms with Gasteiger partial charge in [-0.25, -0.2) is 0 Å². The lowest BCUT2D eigenvalue weighted by Gasteiger charge is -2.10. The molecule has 0 amide bonds. The number of pyridine rings is 2. The molecule has 90 valence electrons. The third-order valence-corrected chi connectivity index (χ3v) is 2.83. The fraction of sp³-hybridized carbons (Fsp3) is 0. The Hall–Kier alpha value is -2.93. The predicted octanol–water partition coefficient (Wildman–Crippen LogP) is 3.25. The molecule has 1 aromatic carbocycles. The number of rotatable bonds is 2. The quantitative estimate of drug-likeness (QED) is 0.754. The molecule has 2 heterocycles. The van der Waals surface area contributed by atoms with Crippen LogP contribution in [0.15, 0.2) is 55.0 Å². The normalized spacial score (nSPS) is 10.1. The first-order chi connectivity index (χ1) is 9.38. The number of anilines is 2. The van der Waals surface area contributed by atoms with Crippen LogP contribution in [0.1, 0.15) is 5.56 Å². The van der Waals surface area contributed by atoms with Crippen molar-refractivity contribution in [3.8, 4) is 6.07 Å². The zero-order chi connectivity index (χ0) is 13.1. The van der Waals surface area contributed by atoms with Crippen LogP contribution in [0.4, 0.5) is 11.4 Å². The van der Waals surface area contributed by atoms with Gasteiger partial charge in [-0.15, -0.1) is 0 Å². The minimum Gasteiger partial charge on any atom is -0.353 e. The van der Waals surface area contributed by atoms with Crippen molar-refractivity contribution in [1.82, 2.24) is 9.97 Å². The summed E-state index contributed by atoms with van der Waals surface area (Å²) < 4.78 is 0. The fourth-order valence-corrected chi connectivity index (χ4v) is 1.94. The minimum atomic E-state index is 0.516. The summed E-state index contributed by atoms with van der Waals surface area (Å²) >= 11 is 0. The predicted molar refractivity (Wildman–Crippen MR) is 74.0 cm³/mol. The SMILES string of the molecule is N#Cc1cnc2ccccc2c1Nc1cccnc1. The highest BCUT2D eigenvalue weighted by Crippen LogP contribution is 2.28. The fourth-order valence-electron chi connectivity index (χ4n) is 1.94. The zero-order valence-corrected chi connectivity index (χ0v) is 10.0. The van der Waals surface area contributed by atoms with E-state index < -0.39 is 0 Å². The van der Waals surface area contributed by atoms with Crippen LogP contribution in [0.3, 0.4) is 0 Å². The number of para-hydroxylation sites is 1. The van der Waals surface area contributed by atoms with Crippen molar-refractivity contribution < 1.29 is 0 Å². The summed E-state index contributed by atoms with van der Waals surface area (Å²) in [4.78, 5) is 8.33. The number of fused-ring (bicyclic) bond motifs is 1. The molecule has 0 bridgehead atoms. The number of benzene rings is 1. The first-order valence-corrected chi connectivity index (χ1v) is 5.83. The van der Waals surface area contributed by atoms with E-state index in [0.29, 0.717) is 5.56 Å². The van der Waals surface area contributed by atoms with Gasteiger partial charge >= 0.3 is 0 Å². The van der Waals surface area contributed by atoms with Gasteiger partial charge in [-0.2, -0.15) is 5.26 Å². The maximum absolute atomic E-state index is 9.21. The third-order valence-electron chi connectivity index (χ3n) is 2.83. The van der Waals surface area contributed by atoms with Gasteiger partial charge in [0.05, 0.1) is 28.7 Å². The first-order valence-electron chi connectivity index (χ1n) is 5.83. The molecule has 1 N–H and O–H groups in total. The van der Waals surface area contributed by atoms with Crippen molar-refractivity contribution >= 4 is 22.3 Å². The van der Waals surface area contributed by atoms with Crippen LogP contribution in [-0.4, -0.2) is 9.97 Å². The Morgan fingerprint density at radius 3 is 2.74 bits per heavy atom. The summed E-state index contributed by atoms with van der Waals surface area (Å²) in [7, 11) is 0. The molecule has 0 unspecified atom stereocenters. The summed E-state index contributed by atoms with van der Waals surface area (Å²) in [5.41, 5.74) is 2.98. The van der Waals surface area contributed by atoms with Gasteiger partial charge in [-0.05, 0) is 18.2 Å². The van der Waals surface area contributed by atoms with E-state index in [0.717, 1.165) is 22.3 Å². The molecule has 0 saturated carbocycles. The maximum atomic E-state index is 9.21. The molecule has 0 spiro atoms. The molecular weight excluding hydrogens is 236 g/mol. The smallest absolute Gasteiger partial charge is 0.103 e. The molecule has 3 rings (SSSR count). The molecule has 4 heteroatoms. The zero-order valence-electron chi connectivity index (χ0n) is 10.0. The molecule has 0 aliphatic rings. The summed E-state index contributed by atoms with van der Waals surface area (Å²) in [6, 6.07) is 13.6. The summed E-state index contributed by atoms with van der Waals surface area (Å²) in [5.74, 6) is 0. The molecule has 0 saturated heterocycles. The number of nitrogens with one attached hydrogen (secondary N) is 1. The lowest BCUT2D eigenvalue weighted by Crippen LogP contribution is -1.96. The molecule has 19 heavy (non-hydrogen) atoms. The highest BCUT2D eigenvalue weighted by Gasteiger charge is 2.08. The number of hydrogen-bond acceptors (Lipinski definition) is 4. The van der Waals surface area contributed by atoms with Crippen molar-refractivity contribution in [3.05, 3.63) is 60.6 Å². The average molecular weight is 246 g/mol. The van der Waals surface area contributed by atoms with Gasteiger partial charge in [0.15, 0.2) is 0 Å². The van der Waals surface area contributed by atoms with Crippen LogP contribution in [0.2, 0.25) is 0 Å². The van der Waals surface area contributed by atoms with Crippen molar-refractivity contribution in [3.63, 3.8) is 0 Å². The molecule has 0 aliphatic heterocycles. The number of nitrogens with zero attached hydrogens (tertiary/aromatic N) is 3. The van der Waals surface area contributed by atoms with Crippen molar-refractivity contribution in [2.45, 2.75) is 0 Å². The maximum Gasteiger partial charge on any atom is 0.103 e.